The molecular weight excluding hydrogens is 200 g/mol. The fourth-order valence-corrected chi connectivity index (χ4v) is 1.82. The summed E-state index contributed by atoms with van der Waals surface area (Å²) >= 11 is 0. The van der Waals surface area contributed by atoms with Crippen LogP contribution in [0.4, 0.5) is 0 Å². The van der Waals surface area contributed by atoms with E-state index in [9.17, 15) is 4.79 Å². The molecule has 1 atom stereocenters. The van der Waals surface area contributed by atoms with Crippen LogP contribution in [0.2, 0.25) is 0 Å². The first-order valence-electron chi connectivity index (χ1n) is 5.08. The molecular formula is C14H12O2. The number of methoxy groups -OCH3 is 1. The fraction of sp³-hybridized carbons (Fsp3) is 0.143. The summed E-state index contributed by atoms with van der Waals surface area (Å²) in [6, 6.07) is 9.89. The zero-order valence-electron chi connectivity index (χ0n) is 9.01. The molecule has 0 radical (unpaired) electrons. The minimum Gasteiger partial charge on any atom is -0.371 e. The maximum Gasteiger partial charge on any atom is 0.131 e. The van der Waals surface area contributed by atoms with Gasteiger partial charge >= 0.3 is 0 Å². The van der Waals surface area contributed by atoms with Gasteiger partial charge in [0.2, 0.25) is 0 Å². The van der Waals surface area contributed by atoms with Gasteiger partial charge in [-0.05, 0) is 17.2 Å². The third-order valence-corrected chi connectivity index (χ3v) is 2.58. The van der Waals surface area contributed by atoms with Gasteiger partial charge in [-0.2, -0.15) is 0 Å². The first kappa shape index (κ1) is 10.6. The van der Waals surface area contributed by atoms with Crippen molar-refractivity contribution in [3.63, 3.8) is 0 Å². The quantitative estimate of drug-likeness (QED) is 0.704. The Morgan fingerprint density at radius 1 is 1.25 bits per heavy atom. The van der Waals surface area contributed by atoms with E-state index in [1.54, 1.807) is 13.2 Å². The van der Waals surface area contributed by atoms with Crippen LogP contribution < -0.4 is 0 Å². The molecule has 0 saturated carbocycles. The van der Waals surface area contributed by atoms with E-state index in [0.717, 1.165) is 11.1 Å². The fourth-order valence-electron chi connectivity index (χ4n) is 1.82. The summed E-state index contributed by atoms with van der Waals surface area (Å²) in [4.78, 5) is 10.8. The van der Waals surface area contributed by atoms with Crippen molar-refractivity contribution in [3.05, 3.63) is 59.7 Å². The molecule has 1 aliphatic rings. The summed E-state index contributed by atoms with van der Waals surface area (Å²) < 4.78 is 5.34. The highest BCUT2D eigenvalue weighted by Crippen LogP contribution is 2.28. The van der Waals surface area contributed by atoms with Crippen LogP contribution in [0.5, 0.6) is 0 Å². The SMILES string of the molecule is COC1C(=C=O)C=CC=C1c1ccccc1. The zero-order valence-corrected chi connectivity index (χ0v) is 9.01. The Bertz CT molecular complexity index is 477. The lowest BCUT2D eigenvalue weighted by Gasteiger charge is -2.20. The zero-order chi connectivity index (χ0) is 11.4. The largest absolute Gasteiger partial charge is 0.371 e. The van der Waals surface area contributed by atoms with Crippen LogP contribution in [-0.4, -0.2) is 19.2 Å². The van der Waals surface area contributed by atoms with Crippen LogP contribution >= 0.6 is 0 Å². The van der Waals surface area contributed by atoms with Crippen molar-refractivity contribution in [2.75, 3.05) is 7.11 Å². The van der Waals surface area contributed by atoms with Crippen molar-refractivity contribution < 1.29 is 9.53 Å². The van der Waals surface area contributed by atoms with E-state index < -0.39 is 0 Å². The standard InChI is InChI=1S/C14H12O2/c1-16-14-12(10-15)8-5-9-13(14)11-6-3-2-4-7-11/h2-9,14H,1H3. The average Bonchev–Trinajstić information content (AvgIpc) is 2.38. The van der Waals surface area contributed by atoms with E-state index in [0.29, 0.717) is 5.57 Å². The predicted octanol–water partition coefficient (Wildman–Crippen LogP) is 2.41. The highest BCUT2D eigenvalue weighted by molar-refractivity contribution is 5.80. The first-order chi connectivity index (χ1) is 7.86. The number of ether oxygens (including phenoxy) is 1. The summed E-state index contributed by atoms with van der Waals surface area (Å²) in [7, 11) is 1.60. The van der Waals surface area contributed by atoms with Crippen LogP contribution in [0.3, 0.4) is 0 Å². The molecule has 16 heavy (non-hydrogen) atoms. The van der Waals surface area contributed by atoms with Gasteiger partial charge in [-0.25, -0.2) is 4.79 Å². The van der Waals surface area contributed by atoms with E-state index >= 15 is 0 Å². The monoisotopic (exact) mass is 212 g/mol. The number of carbonyl (C=O) groups excluding carboxylic acids is 1. The molecule has 0 N–H and O–H groups in total. The van der Waals surface area contributed by atoms with E-state index in [1.165, 1.54) is 0 Å². The van der Waals surface area contributed by atoms with E-state index in [1.807, 2.05) is 48.4 Å². The summed E-state index contributed by atoms with van der Waals surface area (Å²) in [5, 5.41) is 0. The third kappa shape index (κ3) is 1.89. The summed E-state index contributed by atoms with van der Waals surface area (Å²) in [5.41, 5.74) is 2.58. The van der Waals surface area contributed by atoms with Crippen molar-refractivity contribution in [2.45, 2.75) is 6.10 Å². The molecule has 80 valence electrons. The molecule has 2 rings (SSSR count). The van der Waals surface area contributed by atoms with Crippen molar-refractivity contribution in [1.29, 1.82) is 0 Å². The van der Waals surface area contributed by atoms with Crippen LogP contribution in [0, 0.1) is 0 Å². The Labute approximate surface area is 94.6 Å². The molecule has 1 aromatic carbocycles. The number of hydrogen-bond acceptors (Lipinski definition) is 2. The van der Waals surface area contributed by atoms with Gasteiger partial charge in [-0.1, -0.05) is 42.5 Å². The Hall–Kier alpha value is -1.89. The molecule has 0 fully saturated rings. The summed E-state index contributed by atoms with van der Waals surface area (Å²) in [6.45, 7) is 0. The summed E-state index contributed by atoms with van der Waals surface area (Å²) in [5.74, 6) is 1.92. The highest BCUT2D eigenvalue weighted by Gasteiger charge is 2.21. The predicted molar refractivity (Wildman–Crippen MR) is 63.6 cm³/mol. The van der Waals surface area contributed by atoms with E-state index in [2.05, 4.69) is 0 Å². The molecule has 0 aliphatic heterocycles. The van der Waals surface area contributed by atoms with Gasteiger partial charge in [-0.15, -0.1) is 0 Å². The van der Waals surface area contributed by atoms with Crippen LogP contribution in [0.1, 0.15) is 5.56 Å². The molecule has 1 aromatic rings. The molecule has 0 spiro atoms. The van der Waals surface area contributed by atoms with Crippen LogP contribution in [0.25, 0.3) is 5.57 Å². The Balaban J connectivity index is 2.44. The van der Waals surface area contributed by atoms with Crippen molar-refractivity contribution in [3.8, 4) is 0 Å². The number of rotatable bonds is 2. The molecule has 2 heteroatoms. The minimum atomic E-state index is -0.315. The molecule has 0 bridgehead atoms. The molecule has 1 aliphatic carbocycles. The lowest BCUT2D eigenvalue weighted by molar-refractivity contribution is 0.178. The van der Waals surface area contributed by atoms with Crippen molar-refractivity contribution >= 4 is 11.5 Å². The molecule has 2 nitrogen and oxygen atoms in total. The number of benzene rings is 1. The van der Waals surface area contributed by atoms with Crippen LogP contribution in [0.15, 0.2) is 54.1 Å². The van der Waals surface area contributed by atoms with E-state index in [-0.39, 0.29) is 6.10 Å². The van der Waals surface area contributed by atoms with Gasteiger partial charge in [0.1, 0.15) is 12.0 Å². The molecule has 1 unspecified atom stereocenters. The van der Waals surface area contributed by atoms with Gasteiger partial charge in [0, 0.05) is 7.11 Å². The van der Waals surface area contributed by atoms with E-state index in [4.69, 9.17) is 4.74 Å². The van der Waals surface area contributed by atoms with Crippen molar-refractivity contribution in [2.24, 2.45) is 0 Å². The highest BCUT2D eigenvalue weighted by atomic mass is 16.5. The third-order valence-electron chi connectivity index (χ3n) is 2.58. The molecule has 0 aromatic heterocycles. The second-order valence-electron chi connectivity index (χ2n) is 3.52. The Morgan fingerprint density at radius 2 is 2.00 bits per heavy atom. The lowest BCUT2D eigenvalue weighted by Crippen LogP contribution is -2.17. The minimum absolute atomic E-state index is 0.315. The Kier molecular flexibility index (Phi) is 3.16. The first-order valence-corrected chi connectivity index (χ1v) is 5.08. The van der Waals surface area contributed by atoms with Gasteiger partial charge in [-0.3, -0.25) is 0 Å². The molecule has 0 amide bonds. The second kappa shape index (κ2) is 4.75. The molecule has 0 saturated heterocycles. The maximum absolute atomic E-state index is 10.8. The Morgan fingerprint density at radius 3 is 2.62 bits per heavy atom. The maximum atomic E-state index is 10.8. The normalized spacial score (nSPS) is 19.2. The van der Waals surface area contributed by atoms with Crippen molar-refractivity contribution in [1.82, 2.24) is 0 Å². The summed E-state index contributed by atoms with van der Waals surface area (Å²) in [6.07, 6.45) is 5.22. The van der Waals surface area contributed by atoms with Gasteiger partial charge < -0.3 is 4.74 Å². The lowest BCUT2D eigenvalue weighted by atomic mass is 9.92. The smallest absolute Gasteiger partial charge is 0.131 e. The number of allylic oxidation sites excluding steroid dienone is 2. The van der Waals surface area contributed by atoms with Gasteiger partial charge in [0.05, 0.1) is 5.57 Å². The van der Waals surface area contributed by atoms with Crippen LogP contribution in [-0.2, 0) is 9.53 Å². The average molecular weight is 212 g/mol. The van der Waals surface area contributed by atoms with Gasteiger partial charge in [0.25, 0.3) is 0 Å². The molecule has 0 heterocycles. The van der Waals surface area contributed by atoms with Gasteiger partial charge in [0.15, 0.2) is 0 Å². The second-order valence-corrected chi connectivity index (χ2v) is 3.52. The topological polar surface area (TPSA) is 26.3 Å². The number of hydrogen-bond donors (Lipinski definition) is 0.